The minimum atomic E-state index is -0.750. The Morgan fingerprint density at radius 3 is 2.05 bits per heavy atom. The van der Waals surface area contributed by atoms with Crippen LogP contribution in [0.4, 0.5) is 4.79 Å². The van der Waals surface area contributed by atoms with Gasteiger partial charge in [-0.15, -0.1) is 0 Å². The quantitative estimate of drug-likeness (QED) is 0.751. The van der Waals surface area contributed by atoms with E-state index in [0.717, 1.165) is 12.8 Å². The summed E-state index contributed by atoms with van der Waals surface area (Å²) in [6.07, 6.45) is 1.99. The molecule has 21 heavy (non-hydrogen) atoms. The molecule has 0 aromatic carbocycles. The van der Waals surface area contributed by atoms with Crippen LogP contribution < -0.4 is 0 Å². The molecule has 0 spiro atoms. The summed E-state index contributed by atoms with van der Waals surface area (Å²) in [7, 11) is 0. The van der Waals surface area contributed by atoms with Crippen LogP contribution in [0.25, 0.3) is 0 Å². The molecule has 1 saturated heterocycles. The van der Waals surface area contributed by atoms with Crippen molar-refractivity contribution in [1.29, 1.82) is 0 Å². The predicted octanol–water partition coefficient (Wildman–Crippen LogP) is 2.96. The maximum atomic E-state index is 12.5. The van der Waals surface area contributed by atoms with Crippen molar-refractivity contribution in [2.75, 3.05) is 0 Å². The molecule has 5 heteroatoms. The van der Waals surface area contributed by atoms with Crippen LogP contribution in [0.2, 0.25) is 0 Å². The zero-order valence-electron chi connectivity index (χ0n) is 13.9. The second-order valence-corrected chi connectivity index (χ2v) is 6.93. The number of ketones is 2. The maximum Gasteiger partial charge on any atom is 0.410 e. The van der Waals surface area contributed by atoms with Crippen LogP contribution in [0, 0.1) is 5.92 Å². The lowest BCUT2D eigenvalue weighted by molar-refractivity contribution is -0.134. The summed E-state index contributed by atoms with van der Waals surface area (Å²) < 4.78 is 5.45. The van der Waals surface area contributed by atoms with Gasteiger partial charge in [0.05, 0.1) is 12.0 Å². The molecule has 5 nitrogen and oxygen atoms in total. The van der Waals surface area contributed by atoms with E-state index < -0.39 is 23.7 Å². The van der Waals surface area contributed by atoms with Gasteiger partial charge in [0.1, 0.15) is 17.2 Å². The predicted molar refractivity (Wildman–Crippen MR) is 80.0 cm³/mol. The zero-order chi connectivity index (χ0) is 16.4. The molecule has 0 bridgehead atoms. The summed E-state index contributed by atoms with van der Waals surface area (Å²) in [5.74, 6) is -1.12. The molecule has 1 rings (SSSR count). The van der Waals surface area contributed by atoms with Gasteiger partial charge >= 0.3 is 6.09 Å². The molecule has 0 radical (unpaired) electrons. The van der Waals surface area contributed by atoms with Gasteiger partial charge in [0.25, 0.3) is 0 Å². The van der Waals surface area contributed by atoms with Gasteiger partial charge in [0, 0.05) is 6.04 Å². The van der Waals surface area contributed by atoms with Gasteiger partial charge in [0.2, 0.25) is 0 Å². The van der Waals surface area contributed by atoms with E-state index >= 15 is 0 Å². The van der Waals surface area contributed by atoms with Crippen LogP contribution >= 0.6 is 0 Å². The van der Waals surface area contributed by atoms with Crippen LogP contribution in [-0.2, 0) is 14.3 Å². The van der Waals surface area contributed by atoms with Crippen molar-refractivity contribution < 1.29 is 19.1 Å². The lowest BCUT2D eigenvalue weighted by Crippen LogP contribution is -2.55. The summed E-state index contributed by atoms with van der Waals surface area (Å²) in [6.45, 7) is 10.2. The van der Waals surface area contributed by atoms with Gasteiger partial charge in [-0.2, -0.15) is 0 Å². The Labute approximate surface area is 127 Å². The van der Waals surface area contributed by atoms with Gasteiger partial charge < -0.3 is 9.64 Å². The number of ether oxygens (including phenoxy) is 1. The van der Waals surface area contributed by atoms with Gasteiger partial charge in [0.15, 0.2) is 0 Å². The van der Waals surface area contributed by atoms with E-state index in [0.29, 0.717) is 6.42 Å². The molecule has 2 atom stereocenters. The topological polar surface area (TPSA) is 63.7 Å². The molecular formula is C16H27NO4. The van der Waals surface area contributed by atoms with E-state index in [2.05, 4.69) is 0 Å². The van der Waals surface area contributed by atoms with E-state index in [-0.39, 0.29) is 17.6 Å². The van der Waals surface area contributed by atoms with Gasteiger partial charge in [-0.05, 0) is 60.8 Å². The Balaban J connectivity index is 3.06. The number of hydrogen-bond donors (Lipinski definition) is 0. The zero-order valence-corrected chi connectivity index (χ0v) is 13.9. The van der Waals surface area contributed by atoms with E-state index in [1.165, 1.54) is 13.8 Å². The highest BCUT2D eigenvalue weighted by atomic mass is 16.6. The van der Waals surface area contributed by atoms with E-state index in [1.54, 1.807) is 4.90 Å². The largest absolute Gasteiger partial charge is 0.444 e. The number of Topliss-reactive ketones (excluding diaryl/α,β-unsaturated/α-hetero) is 2. The molecule has 0 aromatic heterocycles. The third-order valence-electron chi connectivity index (χ3n) is 3.82. The summed E-state index contributed by atoms with van der Waals surface area (Å²) in [6, 6.07) is -0.418. The van der Waals surface area contributed by atoms with Crippen LogP contribution in [0.1, 0.15) is 60.8 Å². The summed E-state index contributed by atoms with van der Waals surface area (Å²) in [5, 5.41) is 0. The van der Waals surface area contributed by atoms with Crippen molar-refractivity contribution >= 4 is 17.7 Å². The molecule has 1 amide bonds. The Morgan fingerprint density at radius 2 is 1.62 bits per heavy atom. The molecule has 0 aromatic rings. The lowest BCUT2D eigenvalue weighted by Gasteiger charge is -2.43. The first kappa shape index (κ1) is 17.7. The third-order valence-corrected chi connectivity index (χ3v) is 3.82. The van der Waals surface area contributed by atoms with Gasteiger partial charge in [-0.1, -0.05) is 0 Å². The van der Waals surface area contributed by atoms with Crippen molar-refractivity contribution in [3.8, 4) is 0 Å². The van der Waals surface area contributed by atoms with E-state index in [1.807, 2.05) is 27.7 Å². The number of hydrogen-bond acceptors (Lipinski definition) is 4. The molecule has 120 valence electrons. The molecule has 1 heterocycles. The molecule has 1 aliphatic rings. The van der Waals surface area contributed by atoms with Crippen LogP contribution in [0.15, 0.2) is 0 Å². The van der Waals surface area contributed by atoms with E-state index in [9.17, 15) is 14.4 Å². The van der Waals surface area contributed by atoms with Crippen LogP contribution in [-0.4, -0.2) is 40.2 Å². The summed E-state index contributed by atoms with van der Waals surface area (Å²) in [5.41, 5.74) is -0.596. The van der Waals surface area contributed by atoms with Crippen molar-refractivity contribution in [2.45, 2.75) is 78.5 Å². The number of carbonyl (C=O) groups is 3. The number of piperidine rings is 1. The average molecular weight is 297 g/mol. The normalized spacial score (nSPS) is 23.1. The monoisotopic (exact) mass is 297 g/mol. The highest BCUT2D eigenvalue weighted by Gasteiger charge is 2.42. The number of rotatable bonds is 3. The number of amides is 1. The highest BCUT2D eigenvalue weighted by molar-refractivity contribution is 6.01. The minimum absolute atomic E-state index is 0.0280. The number of nitrogens with zero attached hydrogens (tertiary/aromatic N) is 1. The average Bonchev–Trinajstić information content (AvgIpc) is 2.25. The molecule has 0 N–H and O–H groups in total. The highest BCUT2D eigenvalue weighted by Crippen LogP contribution is 2.30. The molecule has 1 fully saturated rings. The maximum absolute atomic E-state index is 12.5. The fourth-order valence-corrected chi connectivity index (χ4v) is 3.01. The first-order valence-electron chi connectivity index (χ1n) is 7.57. The van der Waals surface area contributed by atoms with Gasteiger partial charge in [-0.3, -0.25) is 9.59 Å². The molecule has 2 unspecified atom stereocenters. The Kier molecular flexibility index (Phi) is 5.54. The Morgan fingerprint density at radius 1 is 1.10 bits per heavy atom. The molecular weight excluding hydrogens is 270 g/mol. The molecule has 0 saturated carbocycles. The minimum Gasteiger partial charge on any atom is -0.444 e. The van der Waals surface area contributed by atoms with Crippen molar-refractivity contribution in [1.82, 2.24) is 4.90 Å². The fraction of sp³-hybridized carbons (Fsp3) is 0.812. The Bertz CT molecular complexity index is 410. The summed E-state index contributed by atoms with van der Waals surface area (Å²) >= 11 is 0. The van der Waals surface area contributed by atoms with Gasteiger partial charge in [-0.25, -0.2) is 4.79 Å². The first-order chi connectivity index (χ1) is 9.54. The smallest absolute Gasteiger partial charge is 0.410 e. The van der Waals surface area contributed by atoms with Crippen LogP contribution in [0.5, 0.6) is 0 Å². The third kappa shape index (κ3) is 4.55. The standard InChI is InChI=1S/C16H27NO4/c1-10-8-7-9-13(14(11(2)18)12(3)19)17(10)15(20)21-16(4,5)6/h10,13-14H,7-9H2,1-6H3. The van der Waals surface area contributed by atoms with Crippen molar-refractivity contribution in [3.63, 3.8) is 0 Å². The van der Waals surface area contributed by atoms with Crippen LogP contribution in [0.3, 0.4) is 0 Å². The second-order valence-electron chi connectivity index (χ2n) is 6.93. The Hall–Kier alpha value is -1.39. The number of likely N-dealkylation sites (tertiary alicyclic amines) is 1. The molecule has 0 aliphatic carbocycles. The summed E-state index contributed by atoms with van der Waals surface area (Å²) in [4.78, 5) is 37.8. The van der Waals surface area contributed by atoms with Crippen molar-refractivity contribution in [3.05, 3.63) is 0 Å². The SMILES string of the molecule is CC(=O)C(C(C)=O)C1CCCC(C)N1C(=O)OC(C)(C)C. The lowest BCUT2D eigenvalue weighted by atomic mass is 9.83. The second kappa shape index (κ2) is 6.58. The molecule has 1 aliphatic heterocycles. The first-order valence-corrected chi connectivity index (χ1v) is 7.57. The van der Waals surface area contributed by atoms with E-state index in [4.69, 9.17) is 4.74 Å². The van der Waals surface area contributed by atoms with Crippen molar-refractivity contribution in [2.24, 2.45) is 5.92 Å². The fourth-order valence-electron chi connectivity index (χ4n) is 3.01. The number of carbonyl (C=O) groups excluding carboxylic acids is 3.